The quantitative estimate of drug-likeness (QED) is 0.648. The van der Waals surface area contributed by atoms with Gasteiger partial charge in [0.15, 0.2) is 0 Å². The smallest absolute Gasteiger partial charge is 0.148 e. The fourth-order valence-corrected chi connectivity index (χ4v) is 3.40. The SMILES string of the molecule is Cc1c(I)c2c(N)ncnc2n1[C@H]1C[C@H](O)[C@@H](CO)O1. The number of fused-ring (bicyclic) bond motifs is 1. The van der Waals surface area contributed by atoms with Crippen molar-refractivity contribution in [2.45, 2.75) is 31.8 Å². The minimum atomic E-state index is -0.682. The van der Waals surface area contributed by atoms with E-state index < -0.39 is 12.2 Å². The number of nitrogen functional groups attached to an aromatic ring is 1. The summed E-state index contributed by atoms with van der Waals surface area (Å²) in [6.07, 6.45) is 0.226. The predicted octanol–water partition coefficient (Wildman–Crippen LogP) is 0.567. The monoisotopic (exact) mass is 390 g/mol. The van der Waals surface area contributed by atoms with Gasteiger partial charge in [-0.15, -0.1) is 0 Å². The molecule has 1 saturated heterocycles. The molecule has 0 saturated carbocycles. The van der Waals surface area contributed by atoms with Crippen molar-refractivity contribution in [1.29, 1.82) is 0 Å². The zero-order valence-electron chi connectivity index (χ0n) is 10.8. The van der Waals surface area contributed by atoms with Crippen molar-refractivity contribution < 1.29 is 14.9 Å². The molecule has 0 aliphatic carbocycles. The normalized spacial score (nSPS) is 26.5. The molecule has 8 heteroatoms. The molecule has 1 aliphatic heterocycles. The minimum absolute atomic E-state index is 0.204. The van der Waals surface area contributed by atoms with Crippen LogP contribution in [-0.2, 0) is 4.74 Å². The Morgan fingerprint density at radius 3 is 2.95 bits per heavy atom. The third-order valence-electron chi connectivity index (χ3n) is 3.66. The summed E-state index contributed by atoms with van der Waals surface area (Å²) in [6, 6.07) is 0. The van der Waals surface area contributed by atoms with Gasteiger partial charge in [-0.05, 0) is 29.5 Å². The number of anilines is 1. The molecule has 1 fully saturated rings. The van der Waals surface area contributed by atoms with Gasteiger partial charge in [-0.25, -0.2) is 9.97 Å². The van der Waals surface area contributed by atoms with Crippen molar-refractivity contribution in [2.24, 2.45) is 0 Å². The molecule has 0 unspecified atom stereocenters. The summed E-state index contributed by atoms with van der Waals surface area (Å²) in [5.41, 5.74) is 7.57. The molecule has 1 aliphatic rings. The molecule has 2 aromatic rings. The van der Waals surface area contributed by atoms with Crippen LogP contribution in [0.15, 0.2) is 6.33 Å². The van der Waals surface area contributed by atoms with Gasteiger partial charge in [0.25, 0.3) is 0 Å². The van der Waals surface area contributed by atoms with Crippen LogP contribution in [-0.4, -0.2) is 43.6 Å². The van der Waals surface area contributed by atoms with Gasteiger partial charge in [0.2, 0.25) is 0 Å². The maximum Gasteiger partial charge on any atom is 0.148 e. The van der Waals surface area contributed by atoms with E-state index in [0.29, 0.717) is 17.9 Å². The number of rotatable bonds is 2. The van der Waals surface area contributed by atoms with Gasteiger partial charge in [0.1, 0.15) is 30.1 Å². The highest BCUT2D eigenvalue weighted by atomic mass is 127. The second-order valence-corrected chi connectivity index (χ2v) is 5.92. The summed E-state index contributed by atoms with van der Waals surface area (Å²) in [5, 5.41) is 19.9. The Balaban J connectivity index is 2.13. The van der Waals surface area contributed by atoms with E-state index in [1.54, 1.807) is 0 Å². The summed E-state index contributed by atoms with van der Waals surface area (Å²) in [7, 11) is 0. The first-order chi connectivity index (χ1) is 9.54. The van der Waals surface area contributed by atoms with Crippen LogP contribution in [0.25, 0.3) is 11.0 Å². The van der Waals surface area contributed by atoms with Crippen LogP contribution in [0.2, 0.25) is 0 Å². The summed E-state index contributed by atoms with van der Waals surface area (Å²) in [5.74, 6) is 0.429. The molecule has 3 atom stereocenters. The molecule has 3 rings (SSSR count). The third-order valence-corrected chi connectivity index (χ3v) is 4.98. The van der Waals surface area contributed by atoms with Crippen molar-refractivity contribution in [3.05, 3.63) is 15.6 Å². The second kappa shape index (κ2) is 5.10. The third kappa shape index (κ3) is 1.98. The summed E-state index contributed by atoms with van der Waals surface area (Å²) in [6.45, 7) is 1.75. The lowest BCUT2D eigenvalue weighted by atomic mass is 10.2. The van der Waals surface area contributed by atoms with E-state index in [0.717, 1.165) is 14.7 Å². The lowest BCUT2D eigenvalue weighted by Gasteiger charge is -2.16. The van der Waals surface area contributed by atoms with E-state index in [9.17, 15) is 10.2 Å². The molecule has 0 radical (unpaired) electrons. The van der Waals surface area contributed by atoms with E-state index in [2.05, 4.69) is 32.6 Å². The number of aliphatic hydroxyl groups is 2. The average Bonchev–Trinajstić information content (AvgIpc) is 2.90. The number of halogens is 1. The first-order valence-corrected chi connectivity index (χ1v) is 7.33. The predicted molar refractivity (Wildman–Crippen MR) is 81.0 cm³/mol. The van der Waals surface area contributed by atoms with Crippen LogP contribution >= 0.6 is 22.6 Å². The number of aliphatic hydroxyl groups excluding tert-OH is 2. The molecule has 0 spiro atoms. The van der Waals surface area contributed by atoms with E-state index in [1.165, 1.54) is 6.33 Å². The lowest BCUT2D eigenvalue weighted by molar-refractivity contribution is -0.0436. The molecule has 7 nitrogen and oxygen atoms in total. The van der Waals surface area contributed by atoms with E-state index in [-0.39, 0.29) is 12.8 Å². The molecule has 2 aromatic heterocycles. The topological polar surface area (TPSA) is 106 Å². The van der Waals surface area contributed by atoms with Crippen molar-refractivity contribution >= 4 is 39.4 Å². The van der Waals surface area contributed by atoms with Crippen LogP contribution < -0.4 is 5.73 Å². The molecular weight excluding hydrogens is 375 g/mol. The maximum absolute atomic E-state index is 9.89. The second-order valence-electron chi connectivity index (χ2n) is 4.84. The molecule has 0 bridgehead atoms. The molecule has 0 aromatic carbocycles. The number of aromatic nitrogens is 3. The van der Waals surface area contributed by atoms with Crippen molar-refractivity contribution in [3.8, 4) is 0 Å². The highest BCUT2D eigenvalue weighted by molar-refractivity contribution is 14.1. The number of hydrogen-bond acceptors (Lipinski definition) is 6. The highest BCUT2D eigenvalue weighted by Crippen LogP contribution is 2.36. The van der Waals surface area contributed by atoms with Gasteiger partial charge >= 0.3 is 0 Å². The average molecular weight is 390 g/mol. The van der Waals surface area contributed by atoms with Crippen LogP contribution in [0.5, 0.6) is 0 Å². The fourth-order valence-electron chi connectivity index (χ4n) is 2.62. The molecule has 0 amide bonds. The first-order valence-electron chi connectivity index (χ1n) is 6.25. The molecule has 20 heavy (non-hydrogen) atoms. The van der Waals surface area contributed by atoms with Crippen LogP contribution in [0.3, 0.4) is 0 Å². The summed E-state index contributed by atoms with van der Waals surface area (Å²) >= 11 is 2.21. The van der Waals surface area contributed by atoms with Gasteiger partial charge in [-0.3, -0.25) is 0 Å². The van der Waals surface area contributed by atoms with Gasteiger partial charge in [0.05, 0.1) is 18.1 Å². The van der Waals surface area contributed by atoms with Gasteiger partial charge in [-0.2, -0.15) is 0 Å². The van der Waals surface area contributed by atoms with Crippen molar-refractivity contribution in [2.75, 3.05) is 12.3 Å². The van der Waals surface area contributed by atoms with Crippen LogP contribution in [0.4, 0.5) is 5.82 Å². The highest BCUT2D eigenvalue weighted by Gasteiger charge is 2.36. The van der Waals surface area contributed by atoms with E-state index in [4.69, 9.17) is 10.5 Å². The molecule has 4 N–H and O–H groups in total. The first kappa shape index (κ1) is 14.0. The van der Waals surface area contributed by atoms with Crippen LogP contribution in [0, 0.1) is 10.5 Å². The number of hydrogen-bond donors (Lipinski definition) is 3. The maximum atomic E-state index is 9.89. The Morgan fingerprint density at radius 2 is 2.30 bits per heavy atom. The molecular formula is C12H15IN4O3. The largest absolute Gasteiger partial charge is 0.394 e. The van der Waals surface area contributed by atoms with E-state index >= 15 is 0 Å². The number of nitrogens with two attached hydrogens (primary N) is 1. The Bertz CT molecular complexity index is 660. The Morgan fingerprint density at radius 1 is 1.55 bits per heavy atom. The van der Waals surface area contributed by atoms with E-state index in [1.807, 2.05) is 11.5 Å². The summed E-state index contributed by atoms with van der Waals surface area (Å²) < 4.78 is 8.59. The number of nitrogens with zero attached hydrogens (tertiary/aromatic N) is 3. The van der Waals surface area contributed by atoms with Crippen molar-refractivity contribution in [3.63, 3.8) is 0 Å². The Kier molecular flexibility index (Phi) is 3.56. The zero-order valence-corrected chi connectivity index (χ0v) is 13.0. The van der Waals surface area contributed by atoms with Crippen LogP contribution in [0.1, 0.15) is 18.3 Å². The zero-order chi connectivity index (χ0) is 14.4. The fraction of sp³-hybridized carbons (Fsp3) is 0.500. The molecule has 108 valence electrons. The lowest BCUT2D eigenvalue weighted by Crippen LogP contribution is -2.24. The van der Waals surface area contributed by atoms with Gasteiger partial charge in [0, 0.05) is 15.7 Å². The number of ether oxygens (including phenoxy) is 1. The Hall–Kier alpha value is -0.970. The Labute approximate surface area is 128 Å². The minimum Gasteiger partial charge on any atom is -0.394 e. The van der Waals surface area contributed by atoms with Gasteiger partial charge in [-0.1, -0.05) is 0 Å². The summed E-state index contributed by atoms with van der Waals surface area (Å²) in [4.78, 5) is 8.30. The van der Waals surface area contributed by atoms with Crippen molar-refractivity contribution in [1.82, 2.24) is 14.5 Å². The van der Waals surface area contributed by atoms with Gasteiger partial charge < -0.3 is 25.3 Å². The standard InChI is InChI=1S/C12H15IN4O3/c1-5-10(13)9-11(14)15-4-16-12(9)17(5)8-2-6(19)7(3-18)20-8/h4,6-8,18-19H,2-3H2,1H3,(H2,14,15,16)/t6-,7+,8+/m0/s1. The molecule has 3 heterocycles.